The van der Waals surface area contributed by atoms with Crippen molar-refractivity contribution in [2.75, 3.05) is 0 Å². The summed E-state index contributed by atoms with van der Waals surface area (Å²) >= 11 is 0. The highest BCUT2D eigenvalue weighted by atomic mass is 14.5. The van der Waals surface area contributed by atoms with Gasteiger partial charge in [-0.15, -0.1) is 0 Å². The minimum absolute atomic E-state index is 0.547. The Kier molecular flexibility index (Phi) is 15.3. The van der Waals surface area contributed by atoms with Crippen LogP contribution < -0.4 is 0 Å². The molecular formula is C24H49. The Morgan fingerprint density at radius 3 is 1.42 bits per heavy atom. The second-order valence-electron chi connectivity index (χ2n) is 8.22. The van der Waals surface area contributed by atoms with Gasteiger partial charge in [0.25, 0.3) is 0 Å². The standard InChI is InChI=1S/C24H49/c1-7-12-17-22(6)24(20-15-10-4,21-16-11-5)23(18-13-8-2)19-14-9-3/h22H,7-21H2,1-6H3. The van der Waals surface area contributed by atoms with Crippen LogP contribution in [0.2, 0.25) is 0 Å². The van der Waals surface area contributed by atoms with Crippen LogP contribution in [-0.4, -0.2) is 0 Å². The summed E-state index contributed by atoms with van der Waals surface area (Å²) in [5, 5.41) is 0. The first-order chi connectivity index (χ1) is 11.6. The monoisotopic (exact) mass is 337 g/mol. The molecule has 0 nitrogen and oxygen atoms in total. The van der Waals surface area contributed by atoms with Gasteiger partial charge in [0.05, 0.1) is 0 Å². The minimum Gasteiger partial charge on any atom is -0.0654 e. The van der Waals surface area contributed by atoms with Gasteiger partial charge in [0.1, 0.15) is 0 Å². The lowest BCUT2D eigenvalue weighted by atomic mass is 9.58. The van der Waals surface area contributed by atoms with Crippen molar-refractivity contribution in [3.8, 4) is 0 Å². The zero-order valence-electron chi connectivity index (χ0n) is 18.2. The first kappa shape index (κ1) is 24.0. The number of rotatable bonds is 17. The lowest BCUT2D eigenvalue weighted by molar-refractivity contribution is 0.122. The Bertz CT molecular complexity index is 239. The summed E-state index contributed by atoms with van der Waals surface area (Å²) in [6.45, 7) is 14.4. The highest BCUT2D eigenvalue weighted by Gasteiger charge is 2.41. The van der Waals surface area contributed by atoms with Crippen molar-refractivity contribution in [3.05, 3.63) is 5.92 Å². The van der Waals surface area contributed by atoms with Crippen molar-refractivity contribution in [2.45, 2.75) is 138 Å². The van der Waals surface area contributed by atoms with Crippen molar-refractivity contribution in [1.82, 2.24) is 0 Å². The summed E-state index contributed by atoms with van der Waals surface area (Å²) in [6.07, 6.45) is 20.9. The summed E-state index contributed by atoms with van der Waals surface area (Å²) in [5.41, 5.74) is 0.547. The molecule has 0 spiro atoms. The summed E-state index contributed by atoms with van der Waals surface area (Å²) in [5.74, 6) is 2.84. The minimum atomic E-state index is 0.547. The third-order valence-electron chi connectivity index (χ3n) is 6.26. The fourth-order valence-electron chi connectivity index (χ4n) is 4.49. The number of hydrogen-bond donors (Lipinski definition) is 0. The Labute approximate surface area is 155 Å². The molecule has 145 valence electrons. The highest BCUT2D eigenvalue weighted by molar-refractivity contribution is 5.09. The lowest BCUT2D eigenvalue weighted by Crippen LogP contribution is -2.36. The first-order valence-corrected chi connectivity index (χ1v) is 11.5. The summed E-state index contributed by atoms with van der Waals surface area (Å²) in [4.78, 5) is 0. The highest BCUT2D eigenvalue weighted by Crippen LogP contribution is 2.52. The van der Waals surface area contributed by atoms with Gasteiger partial charge in [-0.05, 0) is 42.9 Å². The van der Waals surface area contributed by atoms with Gasteiger partial charge in [-0.25, -0.2) is 0 Å². The molecule has 0 amide bonds. The maximum Gasteiger partial charge on any atom is -0.0177 e. The van der Waals surface area contributed by atoms with Crippen LogP contribution >= 0.6 is 0 Å². The van der Waals surface area contributed by atoms with Crippen LogP contribution in [0, 0.1) is 17.3 Å². The van der Waals surface area contributed by atoms with E-state index < -0.39 is 0 Å². The predicted octanol–water partition coefficient (Wildman–Crippen LogP) is 9.13. The summed E-state index contributed by atoms with van der Waals surface area (Å²) in [7, 11) is 0. The van der Waals surface area contributed by atoms with Crippen molar-refractivity contribution in [2.24, 2.45) is 11.3 Å². The Hall–Kier alpha value is 0. The maximum atomic E-state index is 2.60. The number of unbranched alkanes of at least 4 members (excludes halogenated alkanes) is 5. The third-order valence-corrected chi connectivity index (χ3v) is 6.26. The molecule has 0 aliphatic heterocycles. The van der Waals surface area contributed by atoms with E-state index in [0.29, 0.717) is 5.41 Å². The molecule has 1 atom stereocenters. The molecule has 0 aliphatic carbocycles. The topological polar surface area (TPSA) is 0 Å². The molecule has 0 heteroatoms. The zero-order chi connectivity index (χ0) is 18.3. The van der Waals surface area contributed by atoms with Crippen molar-refractivity contribution in [1.29, 1.82) is 0 Å². The molecule has 0 bridgehead atoms. The van der Waals surface area contributed by atoms with E-state index in [-0.39, 0.29) is 0 Å². The molecule has 0 saturated heterocycles. The average Bonchev–Trinajstić information content (AvgIpc) is 2.60. The molecular weight excluding hydrogens is 288 g/mol. The van der Waals surface area contributed by atoms with Gasteiger partial charge >= 0.3 is 0 Å². The van der Waals surface area contributed by atoms with Gasteiger partial charge in [-0.1, -0.05) is 112 Å². The Morgan fingerprint density at radius 2 is 1.04 bits per heavy atom. The largest absolute Gasteiger partial charge is 0.0654 e. The van der Waals surface area contributed by atoms with Gasteiger partial charge in [-0.2, -0.15) is 0 Å². The van der Waals surface area contributed by atoms with E-state index in [1.54, 1.807) is 0 Å². The molecule has 24 heavy (non-hydrogen) atoms. The molecule has 1 unspecified atom stereocenters. The molecule has 0 heterocycles. The van der Waals surface area contributed by atoms with E-state index in [9.17, 15) is 0 Å². The average molecular weight is 338 g/mol. The van der Waals surface area contributed by atoms with E-state index in [2.05, 4.69) is 41.5 Å². The quantitative estimate of drug-likeness (QED) is 0.248. The predicted molar refractivity (Wildman–Crippen MR) is 112 cm³/mol. The van der Waals surface area contributed by atoms with Gasteiger partial charge in [-0.3, -0.25) is 0 Å². The van der Waals surface area contributed by atoms with Gasteiger partial charge in [0.2, 0.25) is 0 Å². The van der Waals surface area contributed by atoms with Crippen LogP contribution in [-0.2, 0) is 0 Å². The fourth-order valence-corrected chi connectivity index (χ4v) is 4.49. The van der Waals surface area contributed by atoms with Gasteiger partial charge < -0.3 is 0 Å². The van der Waals surface area contributed by atoms with E-state index in [4.69, 9.17) is 0 Å². The smallest absolute Gasteiger partial charge is 0.0177 e. The van der Waals surface area contributed by atoms with Gasteiger partial charge in [0.15, 0.2) is 0 Å². The second-order valence-corrected chi connectivity index (χ2v) is 8.22. The van der Waals surface area contributed by atoms with E-state index in [0.717, 1.165) is 5.92 Å². The third kappa shape index (κ3) is 8.39. The van der Waals surface area contributed by atoms with Crippen molar-refractivity contribution >= 4 is 0 Å². The van der Waals surface area contributed by atoms with Crippen LogP contribution in [0.25, 0.3) is 0 Å². The molecule has 0 aliphatic rings. The van der Waals surface area contributed by atoms with E-state index in [1.165, 1.54) is 96.3 Å². The molecule has 0 saturated carbocycles. The van der Waals surface area contributed by atoms with E-state index in [1.807, 2.05) is 5.92 Å². The van der Waals surface area contributed by atoms with E-state index >= 15 is 0 Å². The molecule has 0 aromatic rings. The summed E-state index contributed by atoms with van der Waals surface area (Å²) < 4.78 is 0. The fraction of sp³-hybridized carbons (Fsp3) is 0.958. The van der Waals surface area contributed by atoms with Gasteiger partial charge in [0, 0.05) is 0 Å². The lowest BCUT2D eigenvalue weighted by Gasteiger charge is -2.46. The van der Waals surface area contributed by atoms with Crippen LogP contribution in [0.15, 0.2) is 0 Å². The second kappa shape index (κ2) is 15.3. The molecule has 1 radical (unpaired) electrons. The van der Waals surface area contributed by atoms with Crippen LogP contribution in [0.1, 0.15) is 138 Å². The molecule has 0 fully saturated rings. The molecule has 0 N–H and O–H groups in total. The molecule has 0 aromatic carbocycles. The zero-order valence-corrected chi connectivity index (χ0v) is 18.2. The Morgan fingerprint density at radius 1 is 0.625 bits per heavy atom. The van der Waals surface area contributed by atoms with Crippen LogP contribution in [0.4, 0.5) is 0 Å². The molecule has 0 aromatic heterocycles. The molecule has 0 rings (SSSR count). The van der Waals surface area contributed by atoms with Crippen LogP contribution in [0.5, 0.6) is 0 Å². The Balaban J connectivity index is 5.45. The normalized spacial score (nSPS) is 13.6. The van der Waals surface area contributed by atoms with Crippen molar-refractivity contribution < 1.29 is 0 Å². The van der Waals surface area contributed by atoms with Crippen LogP contribution in [0.3, 0.4) is 0 Å². The SMILES string of the molecule is CCCC[C](CCCC)C(CCCC)(CCCC)C(C)CCCC. The first-order valence-electron chi connectivity index (χ1n) is 11.5. The van der Waals surface area contributed by atoms with Crippen molar-refractivity contribution in [3.63, 3.8) is 0 Å². The summed E-state index contributed by atoms with van der Waals surface area (Å²) in [6, 6.07) is 0. The number of hydrogen-bond acceptors (Lipinski definition) is 0. The maximum absolute atomic E-state index is 2.60.